The van der Waals surface area contributed by atoms with Crippen LogP contribution in [0.5, 0.6) is 5.75 Å². The van der Waals surface area contributed by atoms with Crippen molar-refractivity contribution in [3.8, 4) is 5.75 Å². The van der Waals surface area contributed by atoms with Gasteiger partial charge in [0, 0.05) is 31.4 Å². The molecular weight excluding hydrogens is 330 g/mol. The van der Waals surface area contributed by atoms with Crippen molar-refractivity contribution in [3.63, 3.8) is 0 Å². The maximum atomic E-state index is 11.3. The molecule has 0 bridgehead atoms. The number of nitrogens with one attached hydrogen (secondary N) is 1. The van der Waals surface area contributed by atoms with E-state index < -0.39 is 12.0 Å². The first-order valence-electron chi connectivity index (χ1n) is 8.76. The van der Waals surface area contributed by atoms with Gasteiger partial charge in [-0.2, -0.15) is 0 Å². The van der Waals surface area contributed by atoms with Crippen molar-refractivity contribution in [2.24, 2.45) is 5.73 Å². The van der Waals surface area contributed by atoms with E-state index >= 15 is 0 Å². The molecule has 2 unspecified atom stereocenters. The Hall–Kier alpha value is -2.57. The van der Waals surface area contributed by atoms with Crippen LogP contribution in [0, 0.1) is 0 Å². The molecule has 140 valence electrons. The monoisotopic (exact) mass is 357 g/mol. The number of hydrogen-bond acceptors (Lipinski definition) is 5. The van der Waals surface area contributed by atoms with E-state index in [1.54, 1.807) is 6.07 Å². The maximum Gasteiger partial charge on any atom is 0.252 e. The number of anilines is 1. The number of aliphatic hydroxyl groups is 1. The second-order valence-corrected chi connectivity index (χ2v) is 6.34. The van der Waals surface area contributed by atoms with Gasteiger partial charge in [-0.3, -0.25) is 4.79 Å². The molecule has 2 atom stereocenters. The summed E-state index contributed by atoms with van der Waals surface area (Å²) < 4.78 is 0. The minimum absolute atomic E-state index is 0.0100. The fourth-order valence-corrected chi connectivity index (χ4v) is 2.84. The van der Waals surface area contributed by atoms with Gasteiger partial charge >= 0.3 is 0 Å². The fourth-order valence-electron chi connectivity index (χ4n) is 2.84. The summed E-state index contributed by atoms with van der Waals surface area (Å²) in [6, 6.07) is 14.7. The lowest BCUT2D eigenvalue weighted by Gasteiger charge is -2.27. The lowest BCUT2D eigenvalue weighted by molar-refractivity contribution is 0.0997. The molecule has 0 saturated heterocycles. The van der Waals surface area contributed by atoms with Gasteiger partial charge in [-0.05, 0) is 43.7 Å². The first-order chi connectivity index (χ1) is 12.4. The SMILES string of the molecule is CCN(CC(C)NCC(O)c1ccc(O)c(C(N)=O)c1)c1ccccc1. The van der Waals surface area contributed by atoms with Crippen LogP contribution >= 0.6 is 0 Å². The number of amides is 1. The quantitative estimate of drug-likeness (QED) is 0.550. The summed E-state index contributed by atoms with van der Waals surface area (Å²) in [5.41, 5.74) is 6.93. The lowest BCUT2D eigenvalue weighted by atomic mass is 10.0. The molecule has 0 fully saturated rings. The standard InChI is InChI=1S/C20H27N3O3/c1-3-23(16-7-5-4-6-8-16)13-14(2)22-12-19(25)15-9-10-18(24)17(11-15)20(21)26/h4-11,14,19,22,24-25H,3,12-13H2,1-2H3,(H2,21,26). The molecule has 26 heavy (non-hydrogen) atoms. The van der Waals surface area contributed by atoms with Crippen molar-refractivity contribution in [2.75, 3.05) is 24.5 Å². The van der Waals surface area contributed by atoms with E-state index in [9.17, 15) is 15.0 Å². The van der Waals surface area contributed by atoms with Crippen LogP contribution in [0.1, 0.15) is 35.9 Å². The van der Waals surface area contributed by atoms with Gasteiger partial charge in [-0.25, -0.2) is 0 Å². The van der Waals surface area contributed by atoms with Gasteiger partial charge in [-0.15, -0.1) is 0 Å². The summed E-state index contributed by atoms with van der Waals surface area (Å²) in [5, 5.41) is 23.3. The van der Waals surface area contributed by atoms with Crippen LogP contribution in [0.25, 0.3) is 0 Å². The Morgan fingerprint density at radius 1 is 1.23 bits per heavy atom. The number of phenols is 1. The Balaban J connectivity index is 1.93. The van der Waals surface area contributed by atoms with Crippen molar-refractivity contribution in [1.82, 2.24) is 5.32 Å². The molecule has 2 aromatic carbocycles. The zero-order chi connectivity index (χ0) is 19.1. The van der Waals surface area contributed by atoms with E-state index in [0.717, 1.165) is 18.8 Å². The predicted molar refractivity (Wildman–Crippen MR) is 103 cm³/mol. The zero-order valence-electron chi connectivity index (χ0n) is 15.2. The predicted octanol–water partition coefficient (Wildman–Crippen LogP) is 2.03. The van der Waals surface area contributed by atoms with E-state index in [0.29, 0.717) is 12.1 Å². The average Bonchev–Trinajstić information content (AvgIpc) is 2.65. The van der Waals surface area contributed by atoms with Gasteiger partial charge in [0.05, 0.1) is 11.7 Å². The van der Waals surface area contributed by atoms with Gasteiger partial charge < -0.3 is 26.2 Å². The summed E-state index contributed by atoms with van der Waals surface area (Å²) in [6.07, 6.45) is -0.803. The molecule has 0 spiro atoms. The molecule has 2 aromatic rings. The minimum Gasteiger partial charge on any atom is -0.507 e. The Labute approximate surface area is 154 Å². The second kappa shape index (κ2) is 9.22. The number of para-hydroxylation sites is 1. The summed E-state index contributed by atoms with van der Waals surface area (Å²) >= 11 is 0. The number of nitrogens with two attached hydrogens (primary N) is 1. The number of carbonyl (C=O) groups is 1. The van der Waals surface area contributed by atoms with E-state index in [4.69, 9.17) is 5.73 Å². The Morgan fingerprint density at radius 3 is 2.54 bits per heavy atom. The number of hydrogen-bond donors (Lipinski definition) is 4. The minimum atomic E-state index is -0.803. The first-order valence-corrected chi connectivity index (χ1v) is 8.76. The second-order valence-electron chi connectivity index (χ2n) is 6.34. The van der Waals surface area contributed by atoms with Gasteiger partial charge in [0.15, 0.2) is 0 Å². The molecule has 0 radical (unpaired) electrons. The summed E-state index contributed by atoms with van der Waals surface area (Å²) in [5.74, 6) is -0.907. The number of benzene rings is 2. The smallest absolute Gasteiger partial charge is 0.252 e. The van der Waals surface area contributed by atoms with Crippen LogP contribution < -0.4 is 16.0 Å². The van der Waals surface area contributed by atoms with Gasteiger partial charge in [0.2, 0.25) is 0 Å². The van der Waals surface area contributed by atoms with Crippen LogP contribution in [-0.2, 0) is 0 Å². The topological polar surface area (TPSA) is 98.8 Å². The first kappa shape index (κ1) is 19.8. The van der Waals surface area contributed by atoms with Crippen molar-refractivity contribution < 1.29 is 15.0 Å². The molecule has 2 rings (SSSR count). The molecule has 1 amide bonds. The average molecular weight is 357 g/mol. The largest absolute Gasteiger partial charge is 0.507 e. The third-order valence-corrected chi connectivity index (χ3v) is 4.33. The Bertz CT molecular complexity index is 721. The number of rotatable bonds is 9. The van der Waals surface area contributed by atoms with Gasteiger partial charge in [0.1, 0.15) is 5.75 Å². The van der Waals surface area contributed by atoms with Crippen molar-refractivity contribution in [2.45, 2.75) is 26.0 Å². The molecule has 0 heterocycles. The number of nitrogens with zero attached hydrogens (tertiary/aromatic N) is 1. The van der Waals surface area contributed by atoms with Crippen molar-refractivity contribution in [1.29, 1.82) is 0 Å². The highest BCUT2D eigenvalue weighted by molar-refractivity contribution is 5.95. The fraction of sp³-hybridized carbons (Fsp3) is 0.350. The lowest BCUT2D eigenvalue weighted by Crippen LogP contribution is -2.40. The molecule has 0 saturated carbocycles. The highest BCUT2D eigenvalue weighted by Crippen LogP contribution is 2.22. The normalized spacial score (nSPS) is 13.2. The number of carbonyl (C=O) groups excluding carboxylic acids is 1. The maximum absolute atomic E-state index is 11.3. The van der Waals surface area contributed by atoms with Crippen LogP contribution in [0.3, 0.4) is 0 Å². The van der Waals surface area contributed by atoms with E-state index in [2.05, 4.69) is 36.2 Å². The van der Waals surface area contributed by atoms with Gasteiger partial charge in [0.25, 0.3) is 5.91 Å². The third kappa shape index (κ3) is 5.21. The van der Waals surface area contributed by atoms with Gasteiger partial charge in [-0.1, -0.05) is 24.3 Å². The van der Waals surface area contributed by atoms with Crippen LogP contribution in [-0.4, -0.2) is 41.8 Å². The third-order valence-electron chi connectivity index (χ3n) is 4.33. The Morgan fingerprint density at radius 2 is 1.92 bits per heavy atom. The molecule has 0 aliphatic heterocycles. The summed E-state index contributed by atoms with van der Waals surface area (Å²) in [4.78, 5) is 13.6. The number of aromatic hydroxyl groups is 1. The zero-order valence-corrected chi connectivity index (χ0v) is 15.2. The summed E-state index contributed by atoms with van der Waals surface area (Å²) in [6.45, 7) is 6.19. The van der Waals surface area contributed by atoms with E-state index in [1.807, 2.05) is 18.2 Å². The highest BCUT2D eigenvalue weighted by atomic mass is 16.3. The Kier molecular flexibility index (Phi) is 7.00. The number of likely N-dealkylation sites (N-methyl/N-ethyl adjacent to an activating group) is 1. The van der Waals surface area contributed by atoms with Crippen molar-refractivity contribution >= 4 is 11.6 Å². The molecule has 0 aliphatic carbocycles. The number of aliphatic hydroxyl groups excluding tert-OH is 1. The molecular formula is C20H27N3O3. The van der Waals surface area contributed by atoms with Crippen LogP contribution in [0.4, 0.5) is 5.69 Å². The van der Waals surface area contributed by atoms with Crippen LogP contribution in [0.2, 0.25) is 0 Å². The number of primary amides is 1. The molecule has 6 nitrogen and oxygen atoms in total. The van der Waals surface area contributed by atoms with E-state index in [-0.39, 0.29) is 17.4 Å². The molecule has 0 aromatic heterocycles. The molecule has 5 N–H and O–H groups in total. The highest BCUT2D eigenvalue weighted by Gasteiger charge is 2.15. The van der Waals surface area contributed by atoms with Crippen molar-refractivity contribution in [3.05, 3.63) is 59.7 Å². The molecule has 0 aliphatic rings. The molecule has 6 heteroatoms. The summed E-state index contributed by atoms with van der Waals surface area (Å²) in [7, 11) is 0. The van der Waals surface area contributed by atoms with Crippen LogP contribution in [0.15, 0.2) is 48.5 Å². The van der Waals surface area contributed by atoms with E-state index in [1.165, 1.54) is 12.1 Å².